The lowest BCUT2D eigenvalue weighted by molar-refractivity contribution is -0.116. The molecule has 0 rings (SSSR count). The zero-order chi connectivity index (χ0) is 6.41. The number of carbonyl (C=O) groups is 1. The largest absolute Gasteiger partial charge is 0.412 e. The maximum absolute atomic E-state index is 10.4. The van der Waals surface area contributed by atoms with Crippen LogP contribution < -0.4 is 5.32 Å². The summed E-state index contributed by atoms with van der Waals surface area (Å²) in [7, 11) is 0. The first-order chi connectivity index (χ1) is 3.81. The smallest absolute Gasteiger partial charge is 0.242 e. The van der Waals surface area contributed by atoms with Crippen molar-refractivity contribution in [1.29, 1.82) is 0 Å². The van der Waals surface area contributed by atoms with Gasteiger partial charge < -0.3 is 10.8 Å². The molecular weight excluding hydrogens is 133 g/mol. The van der Waals surface area contributed by atoms with E-state index in [4.69, 9.17) is 0 Å². The van der Waals surface area contributed by atoms with Gasteiger partial charge in [0, 0.05) is 0 Å². The Morgan fingerprint density at radius 3 is 2.78 bits per heavy atom. The lowest BCUT2D eigenvalue weighted by Crippen LogP contribution is -2.24. The summed E-state index contributed by atoms with van der Waals surface area (Å²) in [6.07, 6.45) is 1.29. The molecule has 0 bridgehead atoms. The average Bonchev–Trinajstić information content (AvgIpc) is 1.83. The first-order valence-corrected chi connectivity index (χ1v) is 4.46. The van der Waals surface area contributed by atoms with Crippen LogP contribution in [0.1, 0.15) is 0 Å². The summed E-state index contributed by atoms with van der Waals surface area (Å²) in [5, 5.41) is 3.49. The topological polar surface area (TPSA) is 60.6 Å². The molecule has 0 saturated heterocycles. The monoisotopic (exact) mass is 144 g/mol. The van der Waals surface area contributed by atoms with E-state index in [0.29, 0.717) is 15.2 Å². The van der Waals surface area contributed by atoms with Gasteiger partial charge in [-0.3, -0.25) is 4.79 Å². The van der Waals surface area contributed by atoms with Crippen LogP contribution in [0.4, 0.5) is 0 Å². The minimum Gasteiger partial charge on any atom is -0.412 e. The van der Waals surface area contributed by atoms with E-state index >= 15 is 0 Å². The normalized spacial score (nSPS) is 6.78. The average molecular weight is 144 g/mol. The number of amides is 1. The van der Waals surface area contributed by atoms with Crippen LogP contribution >= 0.6 is 0 Å². The van der Waals surface area contributed by atoms with Crippen molar-refractivity contribution in [2.24, 2.45) is 0 Å². The highest BCUT2D eigenvalue weighted by Crippen LogP contribution is 1.62. The van der Waals surface area contributed by atoms with E-state index in [-0.39, 0.29) is 11.4 Å². The van der Waals surface area contributed by atoms with Gasteiger partial charge in [0.2, 0.25) is 21.1 Å². The SMILES string of the molecule is C=CC(=O)N[CH2][Al][CH3].O. The van der Waals surface area contributed by atoms with Gasteiger partial charge in [0.1, 0.15) is 0 Å². The Morgan fingerprint density at radius 2 is 2.44 bits per heavy atom. The molecule has 0 saturated carbocycles. The molecule has 0 atom stereocenters. The molecule has 0 aliphatic heterocycles. The molecule has 0 aromatic heterocycles. The number of carbonyl (C=O) groups excluding carboxylic acids is 1. The van der Waals surface area contributed by atoms with E-state index in [1.165, 1.54) is 6.08 Å². The molecule has 0 heterocycles. The van der Waals surface area contributed by atoms with Gasteiger partial charge in [-0.15, -0.1) is 5.79 Å². The second kappa shape index (κ2) is 7.70. The molecule has 0 aromatic rings. The standard InChI is InChI=1S/C4H6NO.CH3.Al.H2O/c1-3-4(6)5-2;;;/h3H,1-2H2,(H,5,6);1H3;;1H2. The van der Waals surface area contributed by atoms with Gasteiger partial charge in [-0.05, 0) is 11.5 Å². The van der Waals surface area contributed by atoms with Crippen LogP contribution in [0.3, 0.4) is 0 Å². The minimum absolute atomic E-state index is 0. The fourth-order valence-electron chi connectivity index (χ4n) is 0.275. The fourth-order valence-corrected chi connectivity index (χ4v) is 0.680. The Kier molecular flexibility index (Phi) is 9.84. The van der Waals surface area contributed by atoms with Gasteiger partial charge in [0.15, 0.2) is 0 Å². The van der Waals surface area contributed by atoms with E-state index in [1.54, 1.807) is 0 Å². The number of nitrogens with one attached hydrogen (secondary N) is 1. The molecule has 0 spiro atoms. The third-order valence-corrected chi connectivity index (χ3v) is 1.28. The quantitative estimate of drug-likeness (QED) is 0.408. The molecule has 0 unspecified atom stereocenters. The molecule has 3 nitrogen and oxygen atoms in total. The summed E-state index contributed by atoms with van der Waals surface area (Å²) in [5.74, 6) is 2.02. The van der Waals surface area contributed by atoms with E-state index in [0.717, 1.165) is 5.41 Å². The molecule has 4 heteroatoms. The van der Waals surface area contributed by atoms with Crippen LogP contribution in [-0.4, -0.2) is 32.0 Å². The molecule has 0 aliphatic carbocycles. The van der Waals surface area contributed by atoms with E-state index in [9.17, 15) is 4.79 Å². The maximum atomic E-state index is 10.4. The molecule has 51 valence electrons. The van der Waals surface area contributed by atoms with Gasteiger partial charge in [0.25, 0.3) is 0 Å². The number of hydrogen-bond acceptors (Lipinski definition) is 1. The van der Waals surface area contributed by atoms with Gasteiger partial charge in [0.05, 0.1) is 0 Å². The van der Waals surface area contributed by atoms with Crippen molar-refractivity contribution in [2.45, 2.75) is 5.79 Å². The second-order valence-electron chi connectivity index (χ2n) is 1.36. The molecular formula is C5H11AlNO2. The Hall–Kier alpha value is -0.298. The van der Waals surface area contributed by atoms with Crippen molar-refractivity contribution < 1.29 is 10.3 Å². The van der Waals surface area contributed by atoms with Gasteiger partial charge in [-0.1, -0.05) is 6.58 Å². The fraction of sp³-hybridized carbons (Fsp3) is 0.400. The third kappa shape index (κ3) is 7.70. The van der Waals surface area contributed by atoms with Crippen molar-refractivity contribution in [3.8, 4) is 0 Å². The third-order valence-electron chi connectivity index (χ3n) is 0.666. The van der Waals surface area contributed by atoms with Crippen LogP contribution in [0.2, 0.25) is 5.79 Å². The molecule has 1 radical (unpaired) electrons. The first kappa shape index (κ1) is 11.5. The Morgan fingerprint density at radius 1 is 1.89 bits per heavy atom. The summed E-state index contributed by atoms with van der Waals surface area (Å²) in [4.78, 5) is 10.4. The van der Waals surface area contributed by atoms with E-state index in [2.05, 4.69) is 17.7 Å². The van der Waals surface area contributed by atoms with Crippen LogP contribution in [0.25, 0.3) is 0 Å². The van der Waals surface area contributed by atoms with Crippen LogP contribution in [0, 0.1) is 0 Å². The van der Waals surface area contributed by atoms with Crippen molar-refractivity contribution >= 4 is 21.1 Å². The van der Waals surface area contributed by atoms with Gasteiger partial charge in [-0.25, -0.2) is 0 Å². The number of rotatable bonds is 3. The van der Waals surface area contributed by atoms with Crippen LogP contribution in [-0.2, 0) is 4.79 Å². The van der Waals surface area contributed by atoms with Gasteiger partial charge in [-0.2, -0.15) is 0 Å². The highest BCUT2D eigenvalue weighted by atomic mass is 27.1. The Balaban J connectivity index is 0. The predicted molar refractivity (Wildman–Crippen MR) is 38.4 cm³/mol. The lowest BCUT2D eigenvalue weighted by atomic mass is 10.6. The summed E-state index contributed by atoms with van der Waals surface area (Å²) >= 11 is 0.378. The molecule has 0 aromatic carbocycles. The molecule has 9 heavy (non-hydrogen) atoms. The molecule has 3 N–H and O–H groups in total. The van der Waals surface area contributed by atoms with Crippen molar-refractivity contribution in [2.75, 3.05) is 5.41 Å². The second-order valence-corrected chi connectivity index (χ2v) is 2.58. The van der Waals surface area contributed by atoms with E-state index < -0.39 is 0 Å². The summed E-state index contributed by atoms with van der Waals surface area (Å²) < 4.78 is 0. The van der Waals surface area contributed by atoms with Crippen molar-refractivity contribution in [3.63, 3.8) is 0 Å². The minimum atomic E-state index is -0.0700. The highest BCUT2D eigenvalue weighted by molar-refractivity contribution is 6.34. The van der Waals surface area contributed by atoms with Crippen LogP contribution in [0.5, 0.6) is 0 Å². The molecule has 1 amide bonds. The first-order valence-electron chi connectivity index (χ1n) is 2.49. The summed E-state index contributed by atoms with van der Waals surface area (Å²) in [6, 6.07) is 0. The Labute approximate surface area is 61.2 Å². The zero-order valence-electron chi connectivity index (χ0n) is 5.48. The zero-order valence-corrected chi connectivity index (χ0v) is 6.63. The van der Waals surface area contributed by atoms with Crippen LogP contribution in [0.15, 0.2) is 12.7 Å². The predicted octanol–water partition coefficient (Wildman–Crippen LogP) is -0.826. The van der Waals surface area contributed by atoms with Gasteiger partial charge >= 0.3 is 0 Å². The summed E-state index contributed by atoms with van der Waals surface area (Å²) in [5.41, 5.74) is 0. The van der Waals surface area contributed by atoms with Crippen molar-refractivity contribution in [1.82, 2.24) is 5.32 Å². The highest BCUT2D eigenvalue weighted by Gasteiger charge is 1.88. The van der Waals surface area contributed by atoms with E-state index in [1.807, 2.05) is 0 Å². The maximum Gasteiger partial charge on any atom is 0.242 e. The number of hydrogen-bond donors (Lipinski definition) is 1. The lowest BCUT2D eigenvalue weighted by Gasteiger charge is -1.93. The molecule has 0 aliphatic rings. The molecule has 0 fully saturated rings. The summed E-state index contributed by atoms with van der Waals surface area (Å²) in [6.45, 7) is 3.31. The van der Waals surface area contributed by atoms with Crippen molar-refractivity contribution in [3.05, 3.63) is 12.7 Å². The Bertz CT molecular complexity index is 95.0.